The summed E-state index contributed by atoms with van der Waals surface area (Å²) < 4.78 is 0. The summed E-state index contributed by atoms with van der Waals surface area (Å²) in [4.78, 5) is 15.6. The lowest BCUT2D eigenvalue weighted by molar-refractivity contribution is 0.101. The zero-order chi connectivity index (χ0) is 10.1. The van der Waals surface area contributed by atoms with Crippen LogP contribution in [0.5, 0.6) is 0 Å². The van der Waals surface area contributed by atoms with Gasteiger partial charge in [0.15, 0.2) is 5.78 Å². The average molecular weight is 185 g/mol. The zero-order valence-electron chi connectivity index (χ0n) is 8.24. The normalized spacial score (nSPS) is 10.4. The molecule has 0 fully saturated rings. The van der Waals surface area contributed by atoms with E-state index in [4.69, 9.17) is 0 Å². The largest absolute Gasteiger partial charge is 0.294 e. The fraction of sp³-hybridized carbons (Fsp3) is 0.167. The molecular formula is C12H11NO. The molecule has 0 aliphatic rings. The van der Waals surface area contributed by atoms with Gasteiger partial charge in [0.05, 0.1) is 0 Å². The molecule has 1 heterocycles. The van der Waals surface area contributed by atoms with Crippen molar-refractivity contribution < 1.29 is 4.79 Å². The van der Waals surface area contributed by atoms with E-state index < -0.39 is 0 Å². The van der Waals surface area contributed by atoms with Crippen LogP contribution in [0.2, 0.25) is 0 Å². The number of fused-ring (bicyclic) bond motifs is 1. The summed E-state index contributed by atoms with van der Waals surface area (Å²) in [7, 11) is 0. The molecule has 0 unspecified atom stereocenters. The first-order chi connectivity index (χ1) is 6.70. The second-order valence-electron chi connectivity index (χ2n) is 3.36. The van der Waals surface area contributed by atoms with Crippen LogP contribution in [0.3, 0.4) is 0 Å². The zero-order valence-corrected chi connectivity index (χ0v) is 8.24. The van der Waals surface area contributed by atoms with E-state index >= 15 is 0 Å². The lowest BCUT2D eigenvalue weighted by Crippen LogP contribution is -1.99. The van der Waals surface area contributed by atoms with Crippen LogP contribution in [-0.2, 0) is 0 Å². The van der Waals surface area contributed by atoms with Crippen LogP contribution >= 0.6 is 0 Å². The number of nitrogens with zero attached hydrogens (tertiary/aromatic N) is 1. The first-order valence-electron chi connectivity index (χ1n) is 4.55. The molecule has 0 N–H and O–H groups in total. The molecule has 1 aromatic carbocycles. The van der Waals surface area contributed by atoms with E-state index in [1.54, 1.807) is 13.1 Å². The second kappa shape index (κ2) is 3.22. The summed E-state index contributed by atoms with van der Waals surface area (Å²) in [6, 6.07) is 7.81. The van der Waals surface area contributed by atoms with Crippen molar-refractivity contribution in [3.05, 3.63) is 41.7 Å². The molecular weight excluding hydrogens is 174 g/mol. The molecule has 0 saturated carbocycles. The minimum absolute atomic E-state index is 0.0757. The van der Waals surface area contributed by atoms with Gasteiger partial charge < -0.3 is 0 Å². The monoisotopic (exact) mass is 185 g/mol. The third kappa shape index (κ3) is 1.29. The quantitative estimate of drug-likeness (QED) is 0.639. The number of carbonyl (C=O) groups excluding carboxylic acids is 1. The first-order valence-corrected chi connectivity index (χ1v) is 4.55. The van der Waals surface area contributed by atoms with Gasteiger partial charge in [0.25, 0.3) is 0 Å². The predicted octanol–water partition coefficient (Wildman–Crippen LogP) is 2.75. The molecule has 70 valence electrons. The lowest BCUT2D eigenvalue weighted by atomic mass is 10.0. The third-order valence-electron chi connectivity index (χ3n) is 2.34. The minimum Gasteiger partial charge on any atom is -0.294 e. The molecule has 2 nitrogen and oxygen atoms in total. The molecule has 0 bridgehead atoms. The van der Waals surface area contributed by atoms with Gasteiger partial charge in [-0.05, 0) is 19.2 Å². The van der Waals surface area contributed by atoms with Crippen LogP contribution in [0.1, 0.15) is 23.0 Å². The number of rotatable bonds is 1. The SMILES string of the molecule is CC(=O)c1c(C)ncc2ccccc12. The van der Waals surface area contributed by atoms with Crippen molar-refractivity contribution in [2.45, 2.75) is 13.8 Å². The number of hydrogen-bond donors (Lipinski definition) is 0. The van der Waals surface area contributed by atoms with Gasteiger partial charge in [-0.3, -0.25) is 9.78 Å². The number of carbonyl (C=O) groups is 1. The lowest BCUT2D eigenvalue weighted by Gasteiger charge is -2.05. The van der Waals surface area contributed by atoms with Crippen molar-refractivity contribution in [1.29, 1.82) is 0 Å². The number of hydrogen-bond acceptors (Lipinski definition) is 2. The van der Waals surface area contributed by atoms with Gasteiger partial charge >= 0.3 is 0 Å². The topological polar surface area (TPSA) is 30.0 Å². The van der Waals surface area contributed by atoms with Crippen LogP contribution in [0, 0.1) is 6.92 Å². The fourth-order valence-electron chi connectivity index (χ4n) is 1.71. The molecule has 0 radical (unpaired) electrons. The summed E-state index contributed by atoms with van der Waals surface area (Å²) >= 11 is 0. The van der Waals surface area contributed by atoms with Crippen LogP contribution in [-0.4, -0.2) is 10.8 Å². The molecule has 0 atom stereocenters. The minimum atomic E-state index is 0.0757. The summed E-state index contributed by atoms with van der Waals surface area (Å²) in [5, 5.41) is 2.01. The van der Waals surface area contributed by atoms with Crippen molar-refractivity contribution in [3.63, 3.8) is 0 Å². The highest BCUT2D eigenvalue weighted by Gasteiger charge is 2.09. The van der Waals surface area contributed by atoms with E-state index in [-0.39, 0.29) is 5.78 Å². The molecule has 14 heavy (non-hydrogen) atoms. The molecule has 0 aliphatic heterocycles. The smallest absolute Gasteiger partial charge is 0.162 e. The molecule has 1 aromatic heterocycles. The Balaban J connectivity index is 2.90. The van der Waals surface area contributed by atoms with Gasteiger partial charge in [0.1, 0.15) is 0 Å². The van der Waals surface area contributed by atoms with Crippen LogP contribution in [0.25, 0.3) is 10.8 Å². The molecule has 2 rings (SSSR count). The van der Waals surface area contributed by atoms with Crippen molar-refractivity contribution in [3.8, 4) is 0 Å². The molecule has 0 saturated heterocycles. The van der Waals surface area contributed by atoms with Crippen molar-refractivity contribution >= 4 is 16.6 Å². The molecule has 2 heteroatoms. The van der Waals surface area contributed by atoms with Gasteiger partial charge in [-0.25, -0.2) is 0 Å². The van der Waals surface area contributed by atoms with Gasteiger partial charge in [-0.2, -0.15) is 0 Å². The molecule has 2 aromatic rings. The average Bonchev–Trinajstić information content (AvgIpc) is 2.17. The summed E-state index contributed by atoms with van der Waals surface area (Å²) in [6.07, 6.45) is 1.80. The maximum Gasteiger partial charge on any atom is 0.162 e. The third-order valence-corrected chi connectivity index (χ3v) is 2.34. The maximum absolute atomic E-state index is 11.4. The van der Waals surface area contributed by atoms with Gasteiger partial charge in [0, 0.05) is 22.8 Å². The molecule has 0 aliphatic carbocycles. The Morgan fingerprint density at radius 1 is 1.29 bits per heavy atom. The van der Waals surface area contributed by atoms with E-state index in [2.05, 4.69) is 4.98 Å². The van der Waals surface area contributed by atoms with Gasteiger partial charge in [-0.15, -0.1) is 0 Å². The number of ketones is 1. The van der Waals surface area contributed by atoms with Gasteiger partial charge in [0.2, 0.25) is 0 Å². The second-order valence-corrected chi connectivity index (χ2v) is 3.36. The number of benzene rings is 1. The number of aromatic nitrogens is 1. The van der Waals surface area contributed by atoms with E-state index in [1.807, 2.05) is 31.2 Å². The Morgan fingerprint density at radius 2 is 2.00 bits per heavy atom. The fourth-order valence-corrected chi connectivity index (χ4v) is 1.71. The first kappa shape index (κ1) is 8.88. The van der Waals surface area contributed by atoms with Crippen LogP contribution in [0.4, 0.5) is 0 Å². The maximum atomic E-state index is 11.4. The Labute approximate surface area is 82.6 Å². The summed E-state index contributed by atoms with van der Waals surface area (Å²) in [5.74, 6) is 0.0757. The van der Waals surface area contributed by atoms with Gasteiger partial charge in [-0.1, -0.05) is 24.3 Å². The molecule has 0 spiro atoms. The van der Waals surface area contributed by atoms with E-state index in [0.717, 1.165) is 22.0 Å². The Kier molecular flexibility index (Phi) is 2.04. The van der Waals surface area contributed by atoms with E-state index in [1.165, 1.54) is 0 Å². The standard InChI is InChI=1S/C12H11NO/c1-8-12(9(2)14)11-6-4-3-5-10(11)7-13-8/h3-7H,1-2H3. The number of aryl methyl sites for hydroxylation is 1. The Morgan fingerprint density at radius 3 is 2.71 bits per heavy atom. The highest BCUT2D eigenvalue weighted by molar-refractivity contribution is 6.07. The van der Waals surface area contributed by atoms with E-state index in [9.17, 15) is 4.79 Å². The summed E-state index contributed by atoms with van der Waals surface area (Å²) in [6.45, 7) is 3.44. The Hall–Kier alpha value is -1.70. The van der Waals surface area contributed by atoms with Crippen molar-refractivity contribution in [1.82, 2.24) is 4.98 Å². The summed E-state index contributed by atoms with van der Waals surface area (Å²) in [5.41, 5.74) is 1.54. The van der Waals surface area contributed by atoms with Crippen molar-refractivity contribution in [2.75, 3.05) is 0 Å². The highest BCUT2D eigenvalue weighted by atomic mass is 16.1. The Bertz CT molecular complexity index is 503. The van der Waals surface area contributed by atoms with Crippen molar-refractivity contribution in [2.24, 2.45) is 0 Å². The number of Topliss-reactive ketones (excluding diaryl/α,β-unsaturated/α-hetero) is 1. The number of pyridine rings is 1. The molecule has 0 amide bonds. The van der Waals surface area contributed by atoms with Crippen LogP contribution in [0.15, 0.2) is 30.5 Å². The highest BCUT2D eigenvalue weighted by Crippen LogP contribution is 2.20. The van der Waals surface area contributed by atoms with Crippen LogP contribution < -0.4 is 0 Å². The predicted molar refractivity (Wildman–Crippen MR) is 56.5 cm³/mol. The van der Waals surface area contributed by atoms with E-state index in [0.29, 0.717) is 0 Å².